The number of nitriles is 1. The molecule has 12 heavy (non-hydrogen) atoms. The van der Waals surface area contributed by atoms with E-state index in [2.05, 4.69) is 0 Å². The monoisotopic (exact) mass is 169 g/mol. The predicted molar refractivity (Wildman–Crippen MR) is 38.9 cm³/mol. The Balaban J connectivity index is 3.30. The minimum Gasteiger partial charge on any atom is -0.321 e. The van der Waals surface area contributed by atoms with Gasteiger partial charge in [-0.05, 0) is 6.07 Å². The number of anilines is 1. The van der Waals surface area contributed by atoms with Crippen LogP contribution in [0.1, 0.15) is 5.56 Å². The molecule has 0 saturated heterocycles. The molecule has 0 spiro atoms. The van der Waals surface area contributed by atoms with Crippen molar-refractivity contribution in [3.05, 3.63) is 29.3 Å². The Bertz CT molecular complexity index is 343. The van der Waals surface area contributed by atoms with E-state index in [-0.39, 0.29) is 11.3 Å². The van der Waals surface area contributed by atoms with Crippen molar-refractivity contribution in [2.75, 3.05) is 5.43 Å². The standard InChI is InChI=1S/C7H5F2N3/c8-5-2-6(9)7(12-11)1-4(5)3-10/h1-2,12H,11H2. The molecule has 0 atom stereocenters. The molecule has 0 unspecified atom stereocenters. The molecule has 0 saturated carbocycles. The minimum absolute atomic E-state index is 0.104. The van der Waals surface area contributed by atoms with Crippen molar-refractivity contribution in [2.24, 2.45) is 5.84 Å². The first-order chi connectivity index (χ1) is 5.69. The summed E-state index contributed by atoms with van der Waals surface area (Å²) >= 11 is 0. The molecule has 0 fully saturated rings. The zero-order valence-corrected chi connectivity index (χ0v) is 5.94. The Labute approximate surface area is 67.4 Å². The van der Waals surface area contributed by atoms with Gasteiger partial charge in [-0.2, -0.15) is 5.26 Å². The molecule has 0 radical (unpaired) electrons. The number of halogens is 2. The summed E-state index contributed by atoms with van der Waals surface area (Å²) in [4.78, 5) is 0. The first kappa shape index (κ1) is 8.43. The zero-order chi connectivity index (χ0) is 9.14. The van der Waals surface area contributed by atoms with E-state index < -0.39 is 11.6 Å². The second kappa shape index (κ2) is 3.15. The highest BCUT2D eigenvalue weighted by atomic mass is 19.1. The molecule has 0 aromatic heterocycles. The third kappa shape index (κ3) is 1.33. The smallest absolute Gasteiger partial charge is 0.150 e. The third-order valence-electron chi connectivity index (χ3n) is 1.33. The summed E-state index contributed by atoms with van der Waals surface area (Å²) in [6, 6.07) is 3.17. The first-order valence-electron chi connectivity index (χ1n) is 3.04. The highest BCUT2D eigenvalue weighted by Crippen LogP contribution is 2.17. The van der Waals surface area contributed by atoms with Crippen LogP contribution in [0.2, 0.25) is 0 Å². The van der Waals surface area contributed by atoms with Crippen LogP contribution in [0.25, 0.3) is 0 Å². The summed E-state index contributed by atoms with van der Waals surface area (Å²) in [5, 5.41) is 8.35. The number of benzene rings is 1. The molecule has 0 heterocycles. The summed E-state index contributed by atoms with van der Waals surface area (Å²) in [6.07, 6.45) is 0. The van der Waals surface area contributed by atoms with Crippen LogP contribution in [0, 0.1) is 23.0 Å². The van der Waals surface area contributed by atoms with Gasteiger partial charge in [-0.1, -0.05) is 0 Å². The average molecular weight is 169 g/mol. The number of hydrazine groups is 1. The van der Waals surface area contributed by atoms with Gasteiger partial charge in [0.1, 0.15) is 11.9 Å². The zero-order valence-electron chi connectivity index (χ0n) is 5.94. The van der Waals surface area contributed by atoms with Gasteiger partial charge in [-0.25, -0.2) is 8.78 Å². The molecule has 1 rings (SSSR count). The largest absolute Gasteiger partial charge is 0.321 e. The van der Waals surface area contributed by atoms with Crippen LogP contribution in [0.15, 0.2) is 12.1 Å². The quantitative estimate of drug-likeness (QED) is 0.489. The Kier molecular flexibility index (Phi) is 2.21. The van der Waals surface area contributed by atoms with Crippen LogP contribution in [-0.2, 0) is 0 Å². The number of nitrogens with two attached hydrogens (primary N) is 1. The van der Waals surface area contributed by atoms with Crippen molar-refractivity contribution in [1.82, 2.24) is 0 Å². The third-order valence-corrected chi connectivity index (χ3v) is 1.33. The van der Waals surface area contributed by atoms with E-state index in [1.54, 1.807) is 6.07 Å². The van der Waals surface area contributed by atoms with E-state index in [0.29, 0.717) is 6.07 Å². The van der Waals surface area contributed by atoms with Gasteiger partial charge in [-0.15, -0.1) is 0 Å². The summed E-state index contributed by atoms with van der Waals surface area (Å²) in [7, 11) is 0. The molecule has 3 nitrogen and oxygen atoms in total. The van der Waals surface area contributed by atoms with Crippen LogP contribution in [0.5, 0.6) is 0 Å². The van der Waals surface area contributed by atoms with Gasteiger partial charge in [0, 0.05) is 6.07 Å². The Morgan fingerprint density at radius 2 is 2.00 bits per heavy atom. The summed E-state index contributed by atoms with van der Waals surface area (Å²) in [5.74, 6) is 3.18. The maximum Gasteiger partial charge on any atom is 0.150 e. The second-order valence-electron chi connectivity index (χ2n) is 2.07. The Morgan fingerprint density at radius 3 is 2.50 bits per heavy atom. The second-order valence-corrected chi connectivity index (χ2v) is 2.07. The van der Waals surface area contributed by atoms with Gasteiger partial charge in [0.15, 0.2) is 5.82 Å². The fourth-order valence-corrected chi connectivity index (χ4v) is 0.745. The number of rotatable bonds is 1. The van der Waals surface area contributed by atoms with Gasteiger partial charge in [0.2, 0.25) is 0 Å². The number of nitrogens with one attached hydrogen (secondary N) is 1. The molecule has 0 aliphatic carbocycles. The number of hydrogen-bond donors (Lipinski definition) is 2. The van der Waals surface area contributed by atoms with E-state index >= 15 is 0 Å². The number of hydrogen-bond acceptors (Lipinski definition) is 3. The Morgan fingerprint density at radius 1 is 1.33 bits per heavy atom. The molecule has 62 valence electrons. The van der Waals surface area contributed by atoms with Crippen LogP contribution in [0.3, 0.4) is 0 Å². The molecule has 0 aliphatic rings. The number of nitrogens with zero attached hydrogens (tertiary/aromatic N) is 1. The maximum atomic E-state index is 12.7. The van der Waals surface area contributed by atoms with Gasteiger partial charge in [0.05, 0.1) is 11.3 Å². The first-order valence-corrected chi connectivity index (χ1v) is 3.04. The normalized spacial score (nSPS) is 9.17. The van der Waals surface area contributed by atoms with Gasteiger partial charge >= 0.3 is 0 Å². The fourth-order valence-electron chi connectivity index (χ4n) is 0.745. The van der Waals surface area contributed by atoms with E-state index in [1.165, 1.54) is 0 Å². The Hall–Kier alpha value is -1.67. The van der Waals surface area contributed by atoms with Gasteiger partial charge in [0.25, 0.3) is 0 Å². The lowest BCUT2D eigenvalue weighted by Crippen LogP contribution is -2.09. The van der Waals surface area contributed by atoms with Crippen molar-refractivity contribution in [3.8, 4) is 6.07 Å². The van der Waals surface area contributed by atoms with E-state index in [4.69, 9.17) is 11.1 Å². The highest BCUT2D eigenvalue weighted by Gasteiger charge is 2.07. The van der Waals surface area contributed by atoms with E-state index in [1.807, 2.05) is 5.43 Å². The van der Waals surface area contributed by atoms with Crippen molar-refractivity contribution in [2.45, 2.75) is 0 Å². The van der Waals surface area contributed by atoms with Crippen molar-refractivity contribution < 1.29 is 8.78 Å². The highest BCUT2D eigenvalue weighted by molar-refractivity contribution is 5.50. The van der Waals surface area contributed by atoms with E-state index in [9.17, 15) is 8.78 Å². The molecular weight excluding hydrogens is 164 g/mol. The van der Waals surface area contributed by atoms with Crippen LogP contribution >= 0.6 is 0 Å². The molecular formula is C7H5F2N3. The van der Waals surface area contributed by atoms with Gasteiger partial charge < -0.3 is 5.43 Å². The lowest BCUT2D eigenvalue weighted by atomic mass is 10.2. The molecule has 1 aromatic carbocycles. The van der Waals surface area contributed by atoms with Crippen molar-refractivity contribution in [1.29, 1.82) is 5.26 Å². The lowest BCUT2D eigenvalue weighted by Gasteiger charge is -2.01. The molecule has 0 bridgehead atoms. The lowest BCUT2D eigenvalue weighted by molar-refractivity contribution is 0.583. The van der Waals surface area contributed by atoms with Crippen molar-refractivity contribution >= 4 is 5.69 Å². The van der Waals surface area contributed by atoms with Crippen LogP contribution in [0.4, 0.5) is 14.5 Å². The van der Waals surface area contributed by atoms with E-state index in [0.717, 1.165) is 6.07 Å². The topological polar surface area (TPSA) is 61.8 Å². The van der Waals surface area contributed by atoms with Crippen LogP contribution < -0.4 is 11.3 Å². The summed E-state index contributed by atoms with van der Waals surface area (Å²) in [6.45, 7) is 0. The molecule has 5 heteroatoms. The summed E-state index contributed by atoms with van der Waals surface area (Å²) in [5.41, 5.74) is 1.65. The predicted octanol–water partition coefficient (Wildman–Crippen LogP) is 1.12. The molecule has 1 aromatic rings. The SMILES string of the molecule is N#Cc1cc(NN)c(F)cc1F. The maximum absolute atomic E-state index is 12.7. The van der Waals surface area contributed by atoms with Crippen LogP contribution in [-0.4, -0.2) is 0 Å². The van der Waals surface area contributed by atoms with Gasteiger partial charge in [-0.3, -0.25) is 5.84 Å². The molecule has 3 N–H and O–H groups in total. The fraction of sp³-hybridized carbons (Fsp3) is 0. The summed E-state index contributed by atoms with van der Waals surface area (Å²) < 4.78 is 25.3. The van der Waals surface area contributed by atoms with Crippen molar-refractivity contribution in [3.63, 3.8) is 0 Å². The molecule has 0 aliphatic heterocycles. The minimum atomic E-state index is -0.894. The number of nitrogen functional groups attached to an aromatic ring is 1. The molecule has 0 amide bonds. The average Bonchev–Trinajstić information content (AvgIpc) is 2.05.